The summed E-state index contributed by atoms with van der Waals surface area (Å²) in [4.78, 5) is 24.9. The van der Waals surface area contributed by atoms with E-state index in [-0.39, 0.29) is 19.3 Å². The van der Waals surface area contributed by atoms with Crippen LogP contribution in [0, 0.1) is 0 Å². The van der Waals surface area contributed by atoms with Crippen molar-refractivity contribution in [1.82, 2.24) is 10.2 Å². The van der Waals surface area contributed by atoms with Gasteiger partial charge in [0.2, 0.25) is 0 Å². The van der Waals surface area contributed by atoms with Gasteiger partial charge >= 0.3 is 11.7 Å². The molecule has 0 atom stereocenters. The van der Waals surface area contributed by atoms with Crippen molar-refractivity contribution in [2.75, 3.05) is 46.5 Å². The van der Waals surface area contributed by atoms with E-state index in [9.17, 15) is 9.59 Å². The fourth-order valence-electron chi connectivity index (χ4n) is 2.57. The molecule has 134 valence electrons. The average molecular weight is 348 g/mol. The number of hydrogen-bond acceptors (Lipinski definition) is 7. The van der Waals surface area contributed by atoms with E-state index < -0.39 is 5.63 Å². The Morgan fingerprint density at radius 3 is 2.76 bits per heavy atom. The summed E-state index contributed by atoms with van der Waals surface area (Å²) in [7, 11) is 1.53. The molecule has 1 N–H and O–H groups in total. The number of nitrogens with zero attached hydrogens (tertiary/aromatic N) is 1. The number of hydrogen-bond donors (Lipinski definition) is 1. The van der Waals surface area contributed by atoms with Gasteiger partial charge in [0.25, 0.3) is 0 Å². The Kier molecular flexibility index (Phi) is 5.39. The molecule has 1 aromatic heterocycles. The van der Waals surface area contributed by atoms with Crippen molar-refractivity contribution in [3.63, 3.8) is 0 Å². The summed E-state index contributed by atoms with van der Waals surface area (Å²) in [6.45, 7) is 3.09. The predicted octanol–water partition coefficient (Wildman–Crippen LogP) is 1.22. The van der Waals surface area contributed by atoms with E-state index in [4.69, 9.17) is 18.6 Å². The highest BCUT2D eigenvalue weighted by atomic mass is 16.6. The molecule has 1 aliphatic heterocycles. The second kappa shape index (κ2) is 7.89. The minimum absolute atomic E-state index is 0.114. The first-order chi connectivity index (χ1) is 12.2. The van der Waals surface area contributed by atoms with Crippen LogP contribution in [0.4, 0.5) is 4.79 Å². The van der Waals surface area contributed by atoms with E-state index in [0.29, 0.717) is 30.2 Å². The lowest BCUT2D eigenvalue weighted by atomic mass is 10.2. The first kappa shape index (κ1) is 17.1. The molecule has 2 aromatic rings. The van der Waals surface area contributed by atoms with Gasteiger partial charge in [-0.15, -0.1) is 0 Å². The highest BCUT2D eigenvalue weighted by Crippen LogP contribution is 2.31. The second-order valence-corrected chi connectivity index (χ2v) is 5.50. The molecule has 0 aliphatic carbocycles. The van der Waals surface area contributed by atoms with Crippen molar-refractivity contribution in [3.05, 3.63) is 34.7 Å². The number of piperazine rings is 1. The van der Waals surface area contributed by atoms with Gasteiger partial charge in [-0.05, 0) is 12.1 Å². The van der Waals surface area contributed by atoms with Crippen LogP contribution in [0.1, 0.15) is 0 Å². The molecule has 1 aromatic carbocycles. The monoisotopic (exact) mass is 348 g/mol. The summed E-state index contributed by atoms with van der Waals surface area (Å²) < 4.78 is 21.2. The van der Waals surface area contributed by atoms with Gasteiger partial charge in [0, 0.05) is 43.7 Å². The molecule has 0 saturated carbocycles. The normalized spacial score (nSPS) is 14.4. The van der Waals surface area contributed by atoms with Gasteiger partial charge in [-0.3, -0.25) is 0 Å². The second-order valence-electron chi connectivity index (χ2n) is 5.50. The Balaban J connectivity index is 1.58. The molecule has 1 saturated heterocycles. The third-order valence-electron chi connectivity index (χ3n) is 3.85. The first-order valence-electron chi connectivity index (χ1n) is 8.04. The number of fused-ring (bicyclic) bond motifs is 1. The smallest absolute Gasteiger partial charge is 0.409 e. The highest BCUT2D eigenvalue weighted by molar-refractivity contribution is 5.80. The van der Waals surface area contributed by atoms with E-state index >= 15 is 0 Å². The number of ether oxygens (including phenoxy) is 3. The fourth-order valence-corrected chi connectivity index (χ4v) is 2.57. The minimum atomic E-state index is -0.437. The van der Waals surface area contributed by atoms with Gasteiger partial charge in [-0.2, -0.15) is 0 Å². The topological polar surface area (TPSA) is 90.2 Å². The number of carbonyl (C=O) groups excluding carboxylic acids is 1. The lowest BCUT2D eigenvalue weighted by molar-refractivity contribution is 0.0840. The first-order valence-corrected chi connectivity index (χ1v) is 8.04. The Labute approximate surface area is 144 Å². The van der Waals surface area contributed by atoms with Crippen LogP contribution in [0.5, 0.6) is 11.5 Å². The Bertz CT molecular complexity index is 797. The zero-order valence-corrected chi connectivity index (χ0v) is 13.9. The van der Waals surface area contributed by atoms with Crippen LogP contribution >= 0.6 is 0 Å². The maximum absolute atomic E-state index is 11.9. The highest BCUT2D eigenvalue weighted by Gasteiger charge is 2.17. The number of methoxy groups -OCH3 is 1. The molecular formula is C17H20N2O6. The summed E-state index contributed by atoms with van der Waals surface area (Å²) in [5.41, 5.74) is -0.0327. The summed E-state index contributed by atoms with van der Waals surface area (Å²) in [6.07, 6.45) is -0.346. The van der Waals surface area contributed by atoms with E-state index in [2.05, 4.69) is 5.32 Å². The lowest BCUT2D eigenvalue weighted by Crippen LogP contribution is -2.46. The quantitative estimate of drug-likeness (QED) is 0.642. The molecule has 8 heteroatoms. The van der Waals surface area contributed by atoms with Crippen LogP contribution in [0.15, 0.2) is 33.5 Å². The third kappa shape index (κ3) is 4.21. The van der Waals surface area contributed by atoms with E-state index in [1.54, 1.807) is 23.1 Å². The van der Waals surface area contributed by atoms with Crippen LogP contribution in [-0.2, 0) is 4.74 Å². The lowest BCUT2D eigenvalue weighted by Gasteiger charge is -2.26. The molecule has 0 spiro atoms. The van der Waals surface area contributed by atoms with Crippen molar-refractivity contribution in [1.29, 1.82) is 0 Å². The number of nitrogens with one attached hydrogen (secondary N) is 1. The van der Waals surface area contributed by atoms with Crippen LogP contribution in [-0.4, -0.2) is 57.5 Å². The van der Waals surface area contributed by atoms with Crippen LogP contribution in [0.25, 0.3) is 11.0 Å². The SMILES string of the molecule is COc1cc2ccc(=O)oc2cc1OCCOC(=O)N1CCNCC1. The fraction of sp³-hybridized carbons (Fsp3) is 0.412. The Hall–Kier alpha value is -2.74. The van der Waals surface area contributed by atoms with Gasteiger partial charge < -0.3 is 28.8 Å². The summed E-state index contributed by atoms with van der Waals surface area (Å²) >= 11 is 0. The third-order valence-corrected chi connectivity index (χ3v) is 3.85. The number of rotatable bonds is 5. The van der Waals surface area contributed by atoms with Gasteiger partial charge in [-0.25, -0.2) is 9.59 Å². The molecule has 1 aliphatic rings. The Morgan fingerprint density at radius 2 is 2.00 bits per heavy atom. The number of carbonyl (C=O) groups is 1. The molecular weight excluding hydrogens is 328 g/mol. The summed E-state index contributed by atoms with van der Waals surface area (Å²) in [5.74, 6) is 0.928. The zero-order valence-electron chi connectivity index (χ0n) is 13.9. The zero-order chi connectivity index (χ0) is 17.6. The van der Waals surface area contributed by atoms with Gasteiger partial charge in [0.05, 0.1) is 7.11 Å². The van der Waals surface area contributed by atoms with E-state index in [1.165, 1.54) is 13.2 Å². The standard InChI is InChI=1S/C17H20N2O6/c1-22-14-10-12-2-3-16(20)25-13(12)11-15(14)23-8-9-24-17(21)19-6-4-18-5-7-19/h2-3,10-11,18H,4-9H2,1H3. The number of amides is 1. The maximum atomic E-state index is 11.9. The molecule has 0 radical (unpaired) electrons. The van der Waals surface area contributed by atoms with Gasteiger partial charge in [0.15, 0.2) is 11.5 Å². The molecule has 8 nitrogen and oxygen atoms in total. The summed E-state index contributed by atoms with van der Waals surface area (Å²) in [6, 6.07) is 6.31. The van der Waals surface area contributed by atoms with E-state index in [1.807, 2.05) is 0 Å². The molecule has 1 amide bonds. The average Bonchev–Trinajstić information content (AvgIpc) is 2.65. The predicted molar refractivity (Wildman–Crippen MR) is 90.3 cm³/mol. The van der Waals surface area contributed by atoms with Crippen LogP contribution in [0.3, 0.4) is 0 Å². The van der Waals surface area contributed by atoms with Crippen molar-refractivity contribution in [2.45, 2.75) is 0 Å². The molecule has 1 fully saturated rings. The van der Waals surface area contributed by atoms with Crippen molar-refractivity contribution in [3.8, 4) is 11.5 Å². The van der Waals surface area contributed by atoms with Crippen molar-refractivity contribution in [2.24, 2.45) is 0 Å². The molecule has 0 bridgehead atoms. The van der Waals surface area contributed by atoms with Crippen molar-refractivity contribution < 1.29 is 23.4 Å². The maximum Gasteiger partial charge on any atom is 0.409 e. The minimum Gasteiger partial charge on any atom is -0.493 e. The summed E-state index contributed by atoms with van der Waals surface area (Å²) in [5, 5.41) is 3.90. The molecule has 3 rings (SSSR count). The molecule has 25 heavy (non-hydrogen) atoms. The Morgan fingerprint density at radius 1 is 1.20 bits per heavy atom. The molecule has 0 unspecified atom stereocenters. The largest absolute Gasteiger partial charge is 0.493 e. The van der Waals surface area contributed by atoms with Crippen molar-refractivity contribution >= 4 is 17.1 Å². The number of benzene rings is 1. The van der Waals surface area contributed by atoms with Crippen LogP contribution in [0.2, 0.25) is 0 Å². The van der Waals surface area contributed by atoms with Crippen LogP contribution < -0.4 is 20.4 Å². The molecule has 2 heterocycles. The van der Waals surface area contributed by atoms with Gasteiger partial charge in [-0.1, -0.05) is 0 Å². The van der Waals surface area contributed by atoms with Gasteiger partial charge in [0.1, 0.15) is 18.8 Å². The van der Waals surface area contributed by atoms with E-state index in [0.717, 1.165) is 18.5 Å².